The molecule has 2 rings (SSSR count). The number of nitrogens with zero attached hydrogens (tertiary/aromatic N) is 1. The zero-order valence-corrected chi connectivity index (χ0v) is 11.4. The average Bonchev–Trinajstić information content (AvgIpc) is 2.64. The zero-order chi connectivity index (χ0) is 13.0. The highest BCUT2D eigenvalue weighted by atomic mass is 32.1. The van der Waals surface area contributed by atoms with E-state index in [1.165, 1.54) is 31.1 Å². The molecular weight excluding hydrogens is 248 g/mol. The van der Waals surface area contributed by atoms with Crippen LogP contribution in [-0.4, -0.2) is 16.7 Å². The molecule has 0 saturated heterocycles. The van der Waals surface area contributed by atoms with Crippen LogP contribution in [0, 0.1) is 5.92 Å². The Bertz CT molecular complexity index is 434. The first-order valence-electron chi connectivity index (χ1n) is 6.44. The van der Waals surface area contributed by atoms with Gasteiger partial charge >= 0.3 is 0 Å². The van der Waals surface area contributed by atoms with Crippen molar-refractivity contribution in [2.45, 2.75) is 45.4 Å². The third-order valence-electron chi connectivity index (χ3n) is 3.32. The Labute approximate surface area is 111 Å². The summed E-state index contributed by atoms with van der Waals surface area (Å²) in [5.41, 5.74) is 0.427. The number of nitrogens with one attached hydrogen (secondary N) is 1. The van der Waals surface area contributed by atoms with Crippen LogP contribution in [-0.2, 0) is 4.79 Å². The standard InChI is InChI=1S/C13H18N2O2S/c1-9(16)11-8-18-13(14-11)15-12(17)10-6-4-2-3-5-7-10/h8,10H,2-7H2,1H3,(H,14,15,17). The van der Waals surface area contributed by atoms with E-state index in [9.17, 15) is 9.59 Å². The second-order valence-electron chi connectivity index (χ2n) is 4.77. The first kappa shape index (κ1) is 13.2. The largest absolute Gasteiger partial charge is 0.302 e. The molecule has 0 spiro atoms. The van der Waals surface area contributed by atoms with Crippen LogP contribution >= 0.6 is 11.3 Å². The van der Waals surface area contributed by atoms with Gasteiger partial charge in [-0.05, 0) is 12.8 Å². The van der Waals surface area contributed by atoms with Gasteiger partial charge in [0, 0.05) is 18.2 Å². The van der Waals surface area contributed by atoms with Gasteiger partial charge in [0.2, 0.25) is 5.91 Å². The third-order valence-corrected chi connectivity index (χ3v) is 4.08. The van der Waals surface area contributed by atoms with Crippen molar-refractivity contribution < 1.29 is 9.59 Å². The van der Waals surface area contributed by atoms with Crippen molar-refractivity contribution in [3.8, 4) is 0 Å². The van der Waals surface area contributed by atoms with Crippen LogP contribution in [0.5, 0.6) is 0 Å². The minimum atomic E-state index is -0.0683. The molecule has 0 aliphatic heterocycles. The van der Waals surface area contributed by atoms with Crippen LogP contribution in [0.3, 0.4) is 0 Å². The summed E-state index contributed by atoms with van der Waals surface area (Å²) in [6, 6.07) is 0. The maximum Gasteiger partial charge on any atom is 0.229 e. The Hall–Kier alpha value is -1.23. The minimum Gasteiger partial charge on any atom is -0.302 e. The number of ketones is 1. The molecule has 1 aromatic rings. The lowest BCUT2D eigenvalue weighted by molar-refractivity contribution is -0.120. The van der Waals surface area contributed by atoms with Crippen LogP contribution in [0.15, 0.2) is 5.38 Å². The van der Waals surface area contributed by atoms with E-state index in [0.29, 0.717) is 10.8 Å². The zero-order valence-electron chi connectivity index (χ0n) is 10.6. The molecule has 1 aromatic heterocycles. The summed E-state index contributed by atoms with van der Waals surface area (Å²) in [4.78, 5) is 27.3. The van der Waals surface area contributed by atoms with Crippen LogP contribution in [0.1, 0.15) is 55.9 Å². The number of anilines is 1. The molecule has 5 heteroatoms. The van der Waals surface area contributed by atoms with Crippen LogP contribution in [0.2, 0.25) is 0 Å². The molecule has 0 unspecified atom stereocenters. The van der Waals surface area contributed by atoms with E-state index in [4.69, 9.17) is 0 Å². The molecule has 1 saturated carbocycles. The molecular formula is C13H18N2O2S. The van der Waals surface area contributed by atoms with Gasteiger partial charge in [0.25, 0.3) is 0 Å². The van der Waals surface area contributed by atoms with Gasteiger partial charge in [0.15, 0.2) is 10.9 Å². The highest BCUT2D eigenvalue weighted by molar-refractivity contribution is 7.14. The molecule has 18 heavy (non-hydrogen) atoms. The van der Waals surface area contributed by atoms with Crippen molar-refractivity contribution in [2.75, 3.05) is 5.32 Å². The van der Waals surface area contributed by atoms with Crippen molar-refractivity contribution in [3.63, 3.8) is 0 Å². The van der Waals surface area contributed by atoms with E-state index in [-0.39, 0.29) is 17.6 Å². The van der Waals surface area contributed by atoms with Crippen molar-refractivity contribution >= 4 is 28.2 Å². The quantitative estimate of drug-likeness (QED) is 0.675. The number of rotatable bonds is 3. The molecule has 1 aliphatic rings. The third kappa shape index (κ3) is 3.38. The lowest BCUT2D eigenvalue weighted by atomic mass is 10.00. The van der Waals surface area contributed by atoms with Crippen LogP contribution in [0.4, 0.5) is 5.13 Å². The van der Waals surface area contributed by atoms with Gasteiger partial charge in [-0.15, -0.1) is 11.3 Å². The number of aromatic nitrogens is 1. The van der Waals surface area contributed by atoms with E-state index >= 15 is 0 Å². The highest BCUT2D eigenvalue weighted by Gasteiger charge is 2.21. The summed E-state index contributed by atoms with van der Waals surface area (Å²) in [5.74, 6) is 0.0970. The summed E-state index contributed by atoms with van der Waals surface area (Å²) in [6.45, 7) is 1.48. The fourth-order valence-electron chi connectivity index (χ4n) is 2.24. The lowest BCUT2D eigenvalue weighted by Gasteiger charge is -2.12. The van der Waals surface area contributed by atoms with Crippen molar-refractivity contribution in [1.29, 1.82) is 0 Å². The van der Waals surface area contributed by atoms with E-state index in [0.717, 1.165) is 25.7 Å². The molecule has 1 aliphatic carbocycles. The van der Waals surface area contributed by atoms with Gasteiger partial charge in [-0.3, -0.25) is 9.59 Å². The molecule has 1 amide bonds. The predicted octanol–water partition coefficient (Wildman–Crippen LogP) is 3.25. The predicted molar refractivity (Wildman–Crippen MR) is 71.9 cm³/mol. The number of amides is 1. The molecule has 0 bridgehead atoms. The van der Waals surface area contributed by atoms with Crippen molar-refractivity contribution in [1.82, 2.24) is 4.98 Å². The molecule has 0 aromatic carbocycles. The van der Waals surface area contributed by atoms with E-state index in [2.05, 4.69) is 10.3 Å². The van der Waals surface area contributed by atoms with E-state index in [1.807, 2.05) is 0 Å². The summed E-state index contributed by atoms with van der Waals surface area (Å²) in [5, 5.41) is 5.05. The molecule has 0 radical (unpaired) electrons. The van der Waals surface area contributed by atoms with Gasteiger partial charge in [-0.1, -0.05) is 25.7 Å². The van der Waals surface area contributed by atoms with Gasteiger partial charge in [-0.2, -0.15) is 0 Å². The first-order valence-corrected chi connectivity index (χ1v) is 7.32. The lowest BCUT2D eigenvalue weighted by Crippen LogP contribution is -2.22. The molecule has 1 N–H and O–H groups in total. The van der Waals surface area contributed by atoms with Gasteiger partial charge in [0.05, 0.1) is 0 Å². The van der Waals surface area contributed by atoms with Gasteiger partial charge in [-0.25, -0.2) is 4.98 Å². The number of hydrogen-bond donors (Lipinski definition) is 1. The maximum absolute atomic E-state index is 12.1. The first-order chi connectivity index (χ1) is 8.66. The number of thiazole rings is 1. The molecule has 4 nitrogen and oxygen atoms in total. The van der Waals surface area contributed by atoms with Crippen LogP contribution in [0.25, 0.3) is 0 Å². The Kier molecular flexibility index (Phi) is 4.47. The fraction of sp³-hybridized carbons (Fsp3) is 0.615. The fourth-order valence-corrected chi connectivity index (χ4v) is 2.99. The molecule has 0 atom stereocenters. The Balaban J connectivity index is 1.94. The summed E-state index contributed by atoms with van der Waals surface area (Å²) < 4.78 is 0. The van der Waals surface area contributed by atoms with Gasteiger partial charge < -0.3 is 5.32 Å². The maximum atomic E-state index is 12.1. The van der Waals surface area contributed by atoms with Crippen LogP contribution < -0.4 is 5.32 Å². The molecule has 98 valence electrons. The molecule has 1 heterocycles. The summed E-state index contributed by atoms with van der Waals surface area (Å²) in [7, 11) is 0. The highest BCUT2D eigenvalue weighted by Crippen LogP contribution is 2.25. The summed E-state index contributed by atoms with van der Waals surface area (Å²) >= 11 is 1.31. The Morgan fingerprint density at radius 3 is 2.50 bits per heavy atom. The molecule has 1 fully saturated rings. The number of Topliss-reactive ketones (excluding diaryl/α,β-unsaturated/α-hetero) is 1. The van der Waals surface area contributed by atoms with Crippen molar-refractivity contribution in [3.05, 3.63) is 11.1 Å². The van der Waals surface area contributed by atoms with Crippen molar-refractivity contribution in [2.24, 2.45) is 5.92 Å². The topological polar surface area (TPSA) is 59.1 Å². The Morgan fingerprint density at radius 1 is 1.28 bits per heavy atom. The van der Waals surface area contributed by atoms with E-state index in [1.54, 1.807) is 5.38 Å². The Morgan fingerprint density at radius 2 is 1.94 bits per heavy atom. The second kappa shape index (κ2) is 6.09. The van der Waals surface area contributed by atoms with E-state index < -0.39 is 0 Å². The number of hydrogen-bond acceptors (Lipinski definition) is 4. The van der Waals surface area contributed by atoms with Gasteiger partial charge in [0.1, 0.15) is 5.69 Å². The number of carbonyl (C=O) groups excluding carboxylic acids is 2. The number of carbonyl (C=O) groups is 2. The minimum absolute atomic E-state index is 0.0568. The second-order valence-corrected chi connectivity index (χ2v) is 5.63. The summed E-state index contributed by atoms with van der Waals surface area (Å²) in [6.07, 6.45) is 6.67. The average molecular weight is 266 g/mol. The monoisotopic (exact) mass is 266 g/mol. The normalized spacial score (nSPS) is 17.2. The smallest absolute Gasteiger partial charge is 0.229 e. The SMILES string of the molecule is CC(=O)c1csc(NC(=O)C2CCCCCC2)n1.